The smallest absolute Gasteiger partial charge is 0.328 e. The molecule has 0 fully saturated rings. The van der Waals surface area contributed by atoms with Crippen molar-refractivity contribution >= 4 is 35.1 Å². The molecule has 1 heterocycles. The predicted molar refractivity (Wildman–Crippen MR) is 65.0 cm³/mol. The topological polar surface area (TPSA) is 88.5 Å². The van der Waals surface area contributed by atoms with Crippen LogP contribution in [0.5, 0.6) is 0 Å². The molecule has 1 unspecified atom stereocenters. The first-order valence-electron chi connectivity index (χ1n) is 4.79. The number of halogens is 2. The molecule has 2 N–H and O–H groups in total. The highest BCUT2D eigenvalue weighted by Crippen LogP contribution is 2.18. The molecule has 0 aliphatic rings. The summed E-state index contributed by atoms with van der Waals surface area (Å²) >= 11 is 11.4. The zero-order chi connectivity index (χ0) is 13.7. The van der Waals surface area contributed by atoms with Crippen LogP contribution in [-0.4, -0.2) is 41.7 Å². The highest BCUT2D eigenvalue weighted by atomic mass is 35.5. The van der Waals surface area contributed by atoms with E-state index >= 15 is 0 Å². The molecule has 1 atom stereocenters. The van der Waals surface area contributed by atoms with Gasteiger partial charge in [-0.3, -0.25) is 4.79 Å². The van der Waals surface area contributed by atoms with E-state index in [1.807, 2.05) is 0 Å². The normalized spacial score (nSPS) is 11.9. The van der Waals surface area contributed by atoms with Crippen LogP contribution in [0.4, 0.5) is 0 Å². The lowest BCUT2D eigenvalue weighted by Crippen LogP contribution is -2.43. The highest BCUT2D eigenvalue weighted by Gasteiger charge is 2.22. The average molecular weight is 293 g/mol. The average Bonchev–Trinajstić information content (AvgIpc) is 2.31. The van der Waals surface area contributed by atoms with E-state index in [4.69, 9.17) is 28.3 Å². The standard InChI is InChI=1S/C10H10Cl2N2O4/c1-18-4-7(10(16)17)14-9(15)5-2-8(12)13-3-6(5)11/h2-3,7H,4H2,1H3,(H,14,15)(H,16,17). The summed E-state index contributed by atoms with van der Waals surface area (Å²) in [6.07, 6.45) is 1.21. The summed E-state index contributed by atoms with van der Waals surface area (Å²) < 4.78 is 4.69. The lowest BCUT2D eigenvalue weighted by molar-refractivity contribution is -0.140. The van der Waals surface area contributed by atoms with Crippen molar-refractivity contribution < 1.29 is 19.4 Å². The second kappa shape index (κ2) is 6.53. The number of hydrogen-bond donors (Lipinski definition) is 2. The number of aliphatic carboxylic acids is 1. The lowest BCUT2D eigenvalue weighted by atomic mass is 10.2. The van der Waals surface area contributed by atoms with Gasteiger partial charge in [0, 0.05) is 13.3 Å². The van der Waals surface area contributed by atoms with Gasteiger partial charge in [-0.2, -0.15) is 0 Å². The van der Waals surface area contributed by atoms with Crippen LogP contribution in [0.15, 0.2) is 12.3 Å². The predicted octanol–water partition coefficient (Wildman–Crippen LogP) is 1.22. The van der Waals surface area contributed by atoms with Crippen LogP contribution in [0.1, 0.15) is 10.4 Å². The molecule has 0 aromatic carbocycles. The second-order valence-corrected chi connectivity index (χ2v) is 4.10. The third-order valence-corrected chi connectivity index (χ3v) is 2.51. The van der Waals surface area contributed by atoms with E-state index in [0.717, 1.165) is 0 Å². The lowest BCUT2D eigenvalue weighted by Gasteiger charge is -2.13. The summed E-state index contributed by atoms with van der Waals surface area (Å²) in [5, 5.41) is 11.3. The number of rotatable bonds is 5. The van der Waals surface area contributed by atoms with Crippen molar-refractivity contribution in [1.82, 2.24) is 10.3 Å². The molecule has 0 bridgehead atoms. The maximum absolute atomic E-state index is 11.8. The van der Waals surface area contributed by atoms with Crippen molar-refractivity contribution in [2.75, 3.05) is 13.7 Å². The molecule has 0 radical (unpaired) electrons. The number of methoxy groups -OCH3 is 1. The molecule has 0 spiro atoms. The molecule has 0 aliphatic carbocycles. The maximum Gasteiger partial charge on any atom is 0.328 e. The van der Waals surface area contributed by atoms with Gasteiger partial charge in [0.15, 0.2) is 6.04 Å². The fourth-order valence-electron chi connectivity index (χ4n) is 1.16. The quantitative estimate of drug-likeness (QED) is 0.797. The van der Waals surface area contributed by atoms with Gasteiger partial charge >= 0.3 is 5.97 Å². The monoisotopic (exact) mass is 292 g/mol. The van der Waals surface area contributed by atoms with Crippen LogP contribution in [-0.2, 0) is 9.53 Å². The van der Waals surface area contributed by atoms with Gasteiger partial charge in [-0.05, 0) is 6.07 Å². The molecule has 98 valence electrons. The number of nitrogens with one attached hydrogen (secondary N) is 1. The van der Waals surface area contributed by atoms with Gasteiger partial charge in [0.05, 0.1) is 17.2 Å². The number of aromatic nitrogens is 1. The molecule has 1 aromatic rings. The third kappa shape index (κ3) is 3.83. The Kier molecular flexibility index (Phi) is 5.33. The van der Waals surface area contributed by atoms with E-state index in [1.165, 1.54) is 19.4 Å². The highest BCUT2D eigenvalue weighted by molar-refractivity contribution is 6.35. The largest absolute Gasteiger partial charge is 0.480 e. The molecule has 1 aromatic heterocycles. The number of hydrogen-bond acceptors (Lipinski definition) is 4. The van der Waals surface area contributed by atoms with E-state index < -0.39 is 17.9 Å². The number of amides is 1. The number of carbonyl (C=O) groups is 2. The van der Waals surface area contributed by atoms with Crippen molar-refractivity contribution in [2.45, 2.75) is 6.04 Å². The van der Waals surface area contributed by atoms with Gasteiger partial charge in [-0.1, -0.05) is 23.2 Å². The Labute approximate surface area is 113 Å². The van der Waals surface area contributed by atoms with E-state index in [2.05, 4.69) is 15.0 Å². The van der Waals surface area contributed by atoms with Crippen molar-refractivity contribution in [3.05, 3.63) is 28.0 Å². The van der Waals surface area contributed by atoms with E-state index in [-0.39, 0.29) is 22.3 Å². The van der Waals surface area contributed by atoms with Gasteiger partial charge in [0.1, 0.15) is 5.15 Å². The Bertz CT molecular complexity index is 467. The zero-order valence-electron chi connectivity index (χ0n) is 9.31. The summed E-state index contributed by atoms with van der Waals surface area (Å²) in [5.41, 5.74) is 0.0546. The minimum atomic E-state index is -1.21. The van der Waals surface area contributed by atoms with Crippen LogP contribution in [0, 0.1) is 0 Å². The summed E-state index contributed by atoms with van der Waals surface area (Å²) in [4.78, 5) is 26.3. The first-order chi connectivity index (χ1) is 8.45. The number of carboxylic acids is 1. The Morgan fingerprint density at radius 1 is 1.56 bits per heavy atom. The molecular formula is C10H10Cl2N2O4. The number of carbonyl (C=O) groups excluding carboxylic acids is 1. The van der Waals surface area contributed by atoms with Crippen molar-refractivity contribution in [3.63, 3.8) is 0 Å². The molecule has 8 heteroatoms. The van der Waals surface area contributed by atoms with Crippen molar-refractivity contribution in [1.29, 1.82) is 0 Å². The zero-order valence-corrected chi connectivity index (χ0v) is 10.8. The summed E-state index contributed by atoms with van der Waals surface area (Å²) in [5.74, 6) is -1.87. The first-order valence-corrected chi connectivity index (χ1v) is 5.55. The summed E-state index contributed by atoms with van der Waals surface area (Å²) in [6.45, 7) is -0.155. The molecule has 1 amide bonds. The van der Waals surface area contributed by atoms with Gasteiger partial charge in [0.25, 0.3) is 5.91 Å². The number of pyridine rings is 1. The van der Waals surface area contributed by atoms with Gasteiger partial charge < -0.3 is 15.2 Å². The minimum absolute atomic E-state index is 0.0546. The summed E-state index contributed by atoms with van der Waals surface area (Å²) in [7, 11) is 1.33. The fourth-order valence-corrected chi connectivity index (χ4v) is 1.51. The first kappa shape index (κ1) is 14.7. The van der Waals surface area contributed by atoms with E-state index in [9.17, 15) is 9.59 Å². The van der Waals surface area contributed by atoms with Crippen molar-refractivity contribution in [2.24, 2.45) is 0 Å². The Balaban J connectivity index is 2.86. The molecule has 1 rings (SSSR count). The molecule has 18 heavy (non-hydrogen) atoms. The third-order valence-electron chi connectivity index (χ3n) is 2.00. The van der Waals surface area contributed by atoms with E-state index in [1.54, 1.807) is 0 Å². The SMILES string of the molecule is COCC(NC(=O)c1cc(Cl)ncc1Cl)C(=O)O. The number of nitrogens with zero attached hydrogens (tertiary/aromatic N) is 1. The molecule has 6 nitrogen and oxygen atoms in total. The Hall–Kier alpha value is -1.37. The molecule has 0 aliphatic heterocycles. The Morgan fingerprint density at radius 3 is 2.78 bits per heavy atom. The Morgan fingerprint density at radius 2 is 2.22 bits per heavy atom. The minimum Gasteiger partial charge on any atom is -0.480 e. The van der Waals surface area contributed by atoms with Crippen LogP contribution in [0.3, 0.4) is 0 Å². The second-order valence-electron chi connectivity index (χ2n) is 3.31. The van der Waals surface area contributed by atoms with Gasteiger partial charge in [-0.15, -0.1) is 0 Å². The van der Waals surface area contributed by atoms with Crippen LogP contribution < -0.4 is 5.32 Å². The molecule has 0 saturated heterocycles. The van der Waals surface area contributed by atoms with E-state index in [0.29, 0.717) is 0 Å². The number of ether oxygens (including phenoxy) is 1. The number of carboxylic acid groups (broad SMARTS) is 1. The summed E-state index contributed by atoms with van der Waals surface area (Å²) in [6, 6.07) is 0.0933. The van der Waals surface area contributed by atoms with Crippen LogP contribution in [0.25, 0.3) is 0 Å². The maximum atomic E-state index is 11.8. The molecular weight excluding hydrogens is 283 g/mol. The van der Waals surface area contributed by atoms with Crippen LogP contribution >= 0.6 is 23.2 Å². The van der Waals surface area contributed by atoms with Crippen molar-refractivity contribution in [3.8, 4) is 0 Å². The van der Waals surface area contributed by atoms with Gasteiger partial charge in [-0.25, -0.2) is 9.78 Å². The van der Waals surface area contributed by atoms with Crippen LogP contribution in [0.2, 0.25) is 10.2 Å². The fraction of sp³-hybridized carbons (Fsp3) is 0.300. The van der Waals surface area contributed by atoms with Gasteiger partial charge in [0.2, 0.25) is 0 Å². The molecule has 0 saturated carbocycles.